The largest absolute Gasteiger partial charge is 0.426 e. The molecule has 47 heavy (non-hydrogen) atoms. The van der Waals surface area contributed by atoms with E-state index < -0.39 is 0 Å². The maximum Gasteiger partial charge on any atom is 0.317 e. The summed E-state index contributed by atoms with van der Waals surface area (Å²) in [7, 11) is 0.637. The fourth-order valence-corrected chi connectivity index (χ4v) is 13.5. The van der Waals surface area contributed by atoms with Gasteiger partial charge < -0.3 is 4.74 Å². The van der Waals surface area contributed by atoms with Gasteiger partial charge in [-0.05, 0) is 139 Å². The van der Waals surface area contributed by atoms with Crippen molar-refractivity contribution in [2.45, 2.75) is 64.2 Å². The van der Waals surface area contributed by atoms with Crippen molar-refractivity contribution in [2.75, 3.05) is 34.5 Å². The number of benzene rings is 3. The van der Waals surface area contributed by atoms with Crippen LogP contribution in [0, 0.1) is 23.2 Å². The highest BCUT2D eigenvalue weighted by Gasteiger charge is 2.55. The molecule has 0 radical (unpaired) electrons. The van der Waals surface area contributed by atoms with Gasteiger partial charge >= 0.3 is 5.97 Å². The van der Waals surface area contributed by atoms with Crippen molar-refractivity contribution in [2.24, 2.45) is 23.2 Å². The van der Waals surface area contributed by atoms with Gasteiger partial charge in [0, 0.05) is 11.1 Å². The Hall–Kier alpha value is -2.83. The molecule has 4 nitrogen and oxygen atoms in total. The maximum absolute atomic E-state index is 13.0. The van der Waals surface area contributed by atoms with Gasteiger partial charge in [0.1, 0.15) is 28.8 Å². The summed E-state index contributed by atoms with van der Waals surface area (Å²) in [6.45, 7) is 0. The lowest BCUT2D eigenvalue weighted by Gasteiger charge is -2.55. The second-order valence-electron chi connectivity index (χ2n) is 14.6. The van der Waals surface area contributed by atoms with E-state index in [0.717, 1.165) is 53.9 Å². The van der Waals surface area contributed by atoms with Crippen LogP contribution in [-0.4, -0.2) is 52.1 Å². The molecular formula is C41H48O4S2+2. The summed E-state index contributed by atoms with van der Waals surface area (Å²) < 4.78 is 5.82. The summed E-state index contributed by atoms with van der Waals surface area (Å²) in [6.07, 6.45) is 12.2. The number of hydrogen-bond donors (Lipinski definition) is 0. The van der Waals surface area contributed by atoms with E-state index in [1.165, 1.54) is 79.1 Å². The van der Waals surface area contributed by atoms with Crippen molar-refractivity contribution >= 4 is 39.3 Å². The van der Waals surface area contributed by atoms with Gasteiger partial charge in [0.15, 0.2) is 11.5 Å². The van der Waals surface area contributed by atoms with Gasteiger partial charge in [-0.15, -0.1) is 0 Å². The first-order valence-corrected chi connectivity index (χ1v) is 21.2. The van der Waals surface area contributed by atoms with Crippen molar-refractivity contribution in [3.63, 3.8) is 0 Å². The Morgan fingerprint density at radius 1 is 0.574 bits per heavy atom. The molecule has 3 aromatic rings. The van der Waals surface area contributed by atoms with Gasteiger partial charge in [-0.3, -0.25) is 14.4 Å². The molecule has 3 aromatic carbocycles. The smallest absolute Gasteiger partial charge is 0.317 e. The fourth-order valence-electron chi connectivity index (χ4n) is 9.02. The van der Waals surface area contributed by atoms with Gasteiger partial charge in [0.2, 0.25) is 11.6 Å². The third kappa shape index (κ3) is 7.91. The third-order valence-corrected chi connectivity index (χ3v) is 15.9. The molecule has 2 heterocycles. The lowest BCUT2D eigenvalue weighted by atomic mass is 9.49. The van der Waals surface area contributed by atoms with Gasteiger partial charge in [0.25, 0.3) is 0 Å². The zero-order valence-electron chi connectivity index (χ0n) is 27.5. The van der Waals surface area contributed by atoms with Crippen LogP contribution < -0.4 is 4.74 Å². The standard InChI is InChI=1S/C23H29O3S.C18H19OS/c24-21(15-27-7-1-2-8-27)19-3-5-20(6-4-19)26-22(25)23-12-16-9-17(13-23)11-18(10-16)14-23;19-18(14-20-12-4-5-13-20)17-10-8-16(9-11-17)15-6-2-1-3-7-15/h3-6,16-18H,1-2,7-15H2;1-3,6-11H,4-5,12-14H2/q2*+1. The number of carbonyl (C=O) groups excluding carboxylic acids is 3. The van der Waals surface area contributed by atoms with Crippen molar-refractivity contribution in [3.8, 4) is 16.9 Å². The molecule has 4 saturated carbocycles. The van der Waals surface area contributed by atoms with E-state index >= 15 is 0 Å². The molecule has 6 fully saturated rings. The summed E-state index contributed by atoms with van der Waals surface area (Å²) in [5, 5.41) is 0. The van der Waals surface area contributed by atoms with Crippen molar-refractivity contribution < 1.29 is 19.1 Å². The van der Waals surface area contributed by atoms with Crippen LogP contribution in [0.15, 0.2) is 78.9 Å². The second-order valence-corrected chi connectivity index (χ2v) is 19.3. The Balaban J connectivity index is 0.000000157. The van der Waals surface area contributed by atoms with E-state index in [1.807, 2.05) is 54.6 Å². The molecule has 4 bridgehead atoms. The normalized spacial score (nSPS) is 26.5. The minimum absolute atomic E-state index is 0.0203. The van der Waals surface area contributed by atoms with E-state index in [-0.39, 0.29) is 28.1 Å². The summed E-state index contributed by atoms with van der Waals surface area (Å²) in [5.74, 6) is 9.72. The number of Topliss-reactive ketones (excluding diaryl/α,β-unsaturated/α-hetero) is 2. The number of carbonyl (C=O) groups is 3. The Bertz CT molecular complexity index is 1500. The van der Waals surface area contributed by atoms with Crippen LogP contribution in [0.5, 0.6) is 5.75 Å². The van der Waals surface area contributed by atoms with Crippen LogP contribution in [0.4, 0.5) is 0 Å². The van der Waals surface area contributed by atoms with Crippen molar-refractivity contribution in [3.05, 3.63) is 90.0 Å². The lowest BCUT2D eigenvalue weighted by molar-refractivity contribution is -0.161. The summed E-state index contributed by atoms with van der Waals surface area (Å²) in [4.78, 5) is 37.7. The average Bonchev–Trinajstić information content (AvgIpc) is 3.80. The van der Waals surface area contributed by atoms with Gasteiger partial charge in [-0.2, -0.15) is 0 Å². The summed E-state index contributed by atoms with van der Waals surface area (Å²) >= 11 is 0. The Kier molecular flexibility index (Phi) is 10.3. The molecule has 0 aromatic heterocycles. The minimum Gasteiger partial charge on any atom is -0.426 e. The number of esters is 1. The highest BCUT2D eigenvalue weighted by molar-refractivity contribution is 7.98. The molecule has 9 rings (SSSR count). The highest BCUT2D eigenvalue weighted by atomic mass is 32.2. The maximum atomic E-state index is 13.0. The van der Waals surface area contributed by atoms with E-state index in [2.05, 4.69) is 24.3 Å². The van der Waals surface area contributed by atoms with Gasteiger partial charge in [-0.25, -0.2) is 0 Å². The molecule has 0 N–H and O–H groups in total. The van der Waals surface area contributed by atoms with E-state index in [0.29, 0.717) is 28.2 Å². The minimum atomic E-state index is -0.229. The van der Waals surface area contributed by atoms with E-state index in [9.17, 15) is 14.4 Å². The first-order chi connectivity index (χ1) is 22.9. The first-order valence-electron chi connectivity index (χ1n) is 17.7. The summed E-state index contributed by atoms with van der Waals surface area (Å²) in [6, 6.07) is 25.6. The third-order valence-electron chi connectivity index (χ3n) is 11.1. The van der Waals surface area contributed by atoms with Crippen LogP contribution in [0.25, 0.3) is 11.1 Å². The number of rotatable bonds is 9. The molecule has 0 spiro atoms. The second kappa shape index (κ2) is 14.7. The zero-order valence-corrected chi connectivity index (χ0v) is 29.1. The van der Waals surface area contributed by atoms with E-state index in [4.69, 9.17) is 4.74 Å². The monoisotopic (exact) mass is 668 g/mol. The molecule has 0 atom stereocenters. The molecule has 4 aliphatic carbocycles. The predicted octanol–water partition coefficient (Wildman–Crippen LogP) is 8.35. The van der Waals surface area contributed by atoms with Gasteiger partial charge in [-0.1, -0.05) is 54.6 Å². The van der Waals surface area contributed by atoms with Crippen LogP contribution in [-0.2, 0) is 26.6 Å². The molecule has 0 amide bonds. The number of ketones is 2. The SMILES string of the molecule is O=C(C[S+]1CCCC1)c1ccc(-c2ccccc2)cc1.O=C(C[S+]1CCCC1)c1ccc(OC(=O)C23CC4CC(CC(C4)C2)C3)cc1. The van der Waals surface area contributed by atoms with Crippen LogP contribution in [0.1, 0.15) is 84.9 Å². The Morgan fingerprint density at radius 2 is 1.00 bits per heavy atom. The van der Waals surface area contributed by atoms with Gasteiger partial charge in [0.05, 0.1) is 5.41 Å². The highest BCUT2D eigenvalue weighted by Crippen LogP contribution is 2.60. The molecule has 6 heteroatoms. The molecule has 2 aliphatic heterocycles. The molecule has 2 saturated heterocycles. The Morgan fingerprint density at radius 3 is 1.47 bits per heavy atom. The molecule has 246 valence electrons. The molecular weight excluding hydrogens is 621 g/mol. The number of hydrogen-bond acceptors (Lipinski definition) is 4. The van der Waals surface area contributed by atoms with Crippen LogP contribution >= 0.6 is 0 Å². The topological polar surface area (TPSA) is 60.4 Å². The van der Waals surface area contributed by atoms with E-state index in [1.54, 1.807) is 0 Å². The zero-order chi connectivity index (χ0) is 32.2. The van der Waals surface area contributed by atoms with Crippen LogP contribution in [0.3, 0.4) is 0 Å². The first kappa shape index (κ1) is 32.7. The fraction of sp³-hybridized carbons (Fsp3) is 0.488. The number of ether oxygens (including phenoxy) is 1. The van der Waals surface area contributed by atoms with Crippen LogP contribution in [0.2, 0.25) is 0 Å². The lowest BCUT2D eigenvalue weighted by Crippen LogP contribution is -2.51. The van der Waals surface area contributed by atoms with Crippen molar-refractivity contribution in [1.29, 1.82) is 0 Å². The quantitative estimate of drug-likeness (QED) is 0.0996. The molecule has 6 aliphatic rings. The van der Waals surface area contributed by atoms with Crippen molar-refractivity contribution in [1.82, 2.24) is 0 Å². The summed E-state index contributed by atoms with van der Waals surface area (Å²) in [5.41, 5.74) is 3.76. The molecule has 0 unspecified atom stereocenters. The average molecular weight is 669 g/mol. The predicted molar refractivity (Wildman–Crippen MR) is 196 cm³/mol. The Labute approximate surface area is 286 Å².